The molecule has 0 spiro atoms. The minimum Gasteiger partial charge on any atom is -0.396 e. The Morgan fingerprint density at radius 3 is 2.72 bits per heavy atom. The number of fused-ring (bicyclic) bond motifs is 1. The number of hydrogen-bond donors (Lipinski definition) is 1. The van der Waals surface area contributed by atoms with Crippen LogP contribution in [0.3, 0.4) is 0 Å². The first kappa shape index (κ1) is 21.7. The minimum atomic E-state index is -1.04. The Labute approximate surface area is 194 Å². The molecule has 170 valence electrons. The number of guanidine groups is 1. The largest absolute Gasteiger partial charge is 0.396 e. The molecule has 0 radical (unpaired) electrons. The highest BCUT2D eigenvalue weighted by atomic mass is 32.2. The van der Waals surface area contributed by atoms with Crippen LogP contribution in [-0.2, 0) is 15.5 Å². The minimum absolute atomic E-state index is 0.246. The molecule has 32 heavy (non-hydrogen) atoms. The maximum absolute atomic E-state index is 13.0. The second-order valence-electron chi connectivity index (χ2n) is 8.70. The molecule has 1 saturated heterocycles. The molecule has 1 unspecified atom stereocenters. The predicted octanol–water partition coefficient (Wildman–Crippen LogP) is 4.17. The Bertz CT molecular complexity index is 1130. The Kier molecular flexibility index (Phi) is 6.14. The van der Waals surface area contributed by atoms with E-state index in [2.05, 4.69) is 27.7 Å². The van der Waals surface area contributed by atoms with Gasteiger partial charge in [0.2, 0.25) is 5.96 Å². The van der Waals surface area contributed by atoms with Crippen molar-refractivity contribution >= 4 is 56.3 Å². The van der Waals surface area contributed by atoms with Crippen LogP contribution in [0.2, 0.25) is 0 Å². The van der Waals surface area contributed by atoms with Gasteiger partial charge in [0.05, 0.1) is 35.4 Å². The van der Waals surface area contributed by atoms with Crippen LogP contribution in [0.5, 0.6) is 0 Å². The number of anilines is 1. The van der Waals surface area contributed by atoms with Crippen molar-refractivity contribution in [3.05, 3.63) is 23.5 Å². The lowest BCUT2D eigenvalue weighted by Gasteiger charge is -2.27. The fourth-order valence-corrected chi connectivity index (χ4v) is 7.36. The fourth-order valence-electron chi connectivity index (χ4n) is 4.14. The third-order valence-corrected chi connectivity index (χ3v) is 9.76. The van der Waals surface area contributed by atoms with Crippen molar-refractivity contribution in [2.75, 3.05) is 32.0 Å². The van der Waals surface area contributed by atoms with Crippen molar-refractivity contribution in [3.8, 4) is 0 Å². The molecule has 3 fully saturated rings. The molecule has 1 aliphatic heterocycles. The Morgan fingerprint density at radius 1 is 1.34 bits per heavy atom. The number of nitrogens with zero attached hydrogens (tertiary/aromatic N) is 4. The van der Waals surface area contributed by atoms with Crippen LogP contribution in [0.4, 0.5) is 5.69 Å². The van der Waals surface area contributed by atoms with Gasteiger partial charge in [-0.1, -0.05) is 6.42 Å². The third-order valence-electron chi connectivity index (χ3n) is 6.46. The summed E-state index contributed by atoms with van der Waals surface area (Å²) in [6.07, 6.45) is 7.35. The zero-order chi connectivity index (χ0) is 22.2. The van der Waals surface area contributed by atoms with Gasteiger partial charge in [0.25, 0.3) is 0 Å². The average Bonchev–Trinajstić information content (AvgIpc) is 3.56. The van der Waals surface area contributed by atoms with Gasteiger partial charge in [-0.15, -0.1) is 11.3 Å². The maximum Gasteiger partial charge on any atom is 0.224 e. The molecule has 0 amide bonds. The van der Waals surface area contributed by atoms with Gasteiger partial charge in [-0.3, -0.25) is 4.21 Å². The van der Waals surface area contributed by atoms with Gasteiger partial charge in [0, 0.05) is 29.9 Å². The van der Waals surface area contributed by atoms with E-state index >= 15 is 0 Å². The molecule has 2 aromatic rings. The van der Waals surface area contributed by atoms with E-state index in [1.165, 1.54) is 16.9 Å². The maximum atomic E-state index is 13.0. The second kappa shape index (κ2) is 9.03. The highest BCUT2D eigenvalue weighted by molar-refractivity contribution is 7.88. The lowest BCUT2D eigenvalue weighted by atomic mass is 10.0. The van der Waals surface area contributed by atoms with Gasteiger partial charge in [-0.25, -0.2) is 15.0 Å². The lowest BCUT2D eigenvalue weighted by Crippen LogP contribution is -2.39. The number of rotatable bonds is 5. The summed E-state index contributed by atoms with van der Waals surface area (Å²) in [6, 6.07) is 2.15. The van der Waals surface area contributed by atoms with E-state index < -0.39 is 10.8 Å². The molecular weight excluding hydrogens is 442 g/mol. The molecule has 2 saturated carbocycles. The van der Waals surface area contributed by atoms with Crippen molar-refractivity contribution in [1.82, 2.24) is 9.88 Å². The summed E-state index contributed by atoms with van der Waals surface area (Å²) < 4.78 is 19.3. The highest BCUT2D eigenvalue weighted by Gasteiger charge is 2.32. The number of pyridine rings is 1. The molecule has 5 rings (SSSR count). The first-order chi connectivity index (χ1) is 15.6. The van der Waals surface area contributed by atoms with Gasteiger partial charge >= 0.3 is 0 Å². The van der Waals surface area contributed by atoms with Crippen LogP contribution in [0.15, 0.2) is 26.5 Å². The molecule has 7 nitrogen and oxygen atoms in total. The number of thiophene rings is 1. The number of ether oxygens (including phenoxy) is 1. The van der Waals surface area contributed by atoms with Gasteiger partial charge in [-0.05, 0) is 62.4 Å². The normalized spacial score (nSPS) is 21.6. The molecular formula is C23H29N5O2S2. The van der Waals surface area contributed by atoms with Gasteiger partial charge in [0.1, 0.15) is 9.04 Å². The number of nitrogen functional groups attached to an aromatic ring is 1. The lowest BCUT2D eigenvalue weighted by molar-refractivity contribution is 0.0676. The number of nitrogens with two attached hydrogens (primary N) is 1. The third kappa shape index (κ3) is 4.13. The van der Waals surface area contributed by atoms with E-state index in [1.807, 2.05) is 13.1 Å². The average molecular weight is 472 g/mol. The molecule has 3 heterocycles. The molecule has 2 aromatic heterocycles. The zero-order valence-electron chi connectivity index (χ0n) is 18.4. The molecule has 0 aromatic carbocycles. The highest BCUT2D eigenvalue weighted by Crippen LogP contribution is 2.48. The molecule has 2 aliphatic carbocycles. The number of hydrogen-bond acceptors (Lipinski definition) is 6. The molecule has 9 heteroatoms. The predicted molar refractivity (Wildman–Crippen MR) is 133 cm³/mol. The van der Waals surface area contributed by atoms with Gasteiger partial charge in [-0.2, -0.15) is 0 Å². The standard InChI is InChI=1S/C23H29N5O2S2/c1-14(13-26-23(25-2)28-8-10-30-11-9-28)18-12-17(15-6-7-15)19-20(24)22(31-21(19)27-18)32(29)16-4-3-5-16/h12-13,15-16H,2-11,24H2,1H3/b14-13+,26-23?. The zero-order valence-corrected chi connectivity index (χ0v) is 20.0. The van der Waals surface area contributed by atoms with Crippen LogP contribution in [0.25, 0.3) is 15.8 Å². The Balaban J connectivity index is 1.51. The van der Waals surface area contributed by atoms with Crippen LogP contribution in [-0.4, -0.2) is 58.3 Å². The summed E-state index contributed by atoms with van der Waals surface area (Å²) in [5.74, 6) is 1.12. The first-order valence-electron chi connectivity index (χ1n) is 11.2. The summed E-state index contributed by atoms with van der Waals surface area (Å²) in [4.78, 5) is 16.6. The number of aliphatic imine (C=N–C) groups is 2. The molecule has 0 bridgehead atoms. The number of allylic oxidation sites excluding steroid dienone is 1. The Hall–Kier alpha value is -2.10. The summed E-state index contributed by atoms with van der Waals surface area (Å²) >= 11 is 1.50. The van der Waals surface area contributed by atoms with Crippen molar-refractivity contribution < 1.29 is 8.95 Å². The van der Waals surface area contributed by atoms with E-state index in [4.69, 9.17) is 15.5 Å². The first-order valence-corrected chi connectivity index (χ1v) is 13.3. The summed E-state index contributed by atoms with van der Waals surface area (Å²) in [5, 5.41) is 1.26. The molecule has 2 N–H and O–H groups in total. The fraction of sp³-hybridized carbons (Fsp3) is 0.522. The molecule has 1 atom stereocenters. The van der Waals surface area contributed by atoms with E-state index in [9.17, 15) is 4.21 Å². The smallest absolute Gasteiger partial charge is 0.224 e. The van der Waals surface area contributed by atoms with E-state index in [0.29, 0.717) is 30.8 Å². The second-order valence-corrected chi connectivity index (χ2v) is 11.6. The van der Waals surface area contributed by atoms with Crippen LogP contribution < -0.4 is 5.73 Å². The van der Waals surface area contributed by atoms with Crippen LogP contribution >= 0.6 is 11.3 Å². The van der Waals surface area contributed by atoms with Crippen molar-refractivity contribution in [2.45, 2.75) is 54.4 Å². The van der Waals surface area contributed by atoms with Gasteiger partial charge in [0.15, 0.2) is 0 Å². The van der Waals surface area contributed by atoms with E-state index in [-0.39, 0.29) is 5.25 Å². The van der Waals surface area contributed by atoms with Crippen molar-refractivity contribution in [1.29, 1.82) is 0 Å². The number of aromatic nitrogens is 1. The Morgan fingerprint density at radius 2 is 2.09 bits per heavy atom. The van der Waals surface area contributed by atoms with Crippen LogP contribution in [0.1, 0.15) is 56.2 Å². The topological polar surface area (TPSA) is 93.2 Å². The summed E-state index contributed by atoms with van der Waals surface area (Å²) in [7, 11) is -1.04. The van der Waals surface area contributed by atoms with E-state index in [0.717, 1.165) is 70.9 Å². The van der Waals surface area contributed by atoms with Gasteiger partial charge < -0.3 is 15.4 Å². The SMILES string of the molecule is C=NC(=N/C=C(\C)c1cc(C2CC2)c2c(N)c(S(=O)C3CCC3)sc2n1)N1CCOCC1. The molecule has 3 aliphatic rings. The number of morpholine rings is 1. The monoisotopic (exact) mass is 471 g/mol. The van der Waals surface area contributed by atoms with Crippen molar-refractivity contribution in [2.24, 2.45) is 9.98 Å². The summed E-state index contributed by atoms with van der Waals surface area (Å²) in [6.45, 7) is 8.55. The summed E-state index contributed by atoms with van der Waals surface area (Å²) in [5.41, 5.74) is 10.3. The van der Waals surface area contributed by atoms with Crippen LogP contribution in [0, 0.1) is 0 Å². The van der Waals surface area contributed by atoms with Crippen molar-refractivity contribution in [3.63, 3.8) is 0 Å². The quantitative estimate of drug-likeness (QED) is 0.522. The van der Waals surface area contributed by atoms with E-state index in [1.54, 1.807) is 0 Å².